The molecular formula is C28H31N5OS. The summed E-state index contributed by atoms with van der Waals surface area (Å²) >= 11 is 1.74. The van der Waals surface area contributed by atoms with Crippen molar-refractivity contribution in [1.82, 2.24) is 14.9 Å². The van der Waals surface area contributed by atoms with E-state index in [9.17, 15) is 4.79 Å². The highest BCUT2D eigenvalue weighted by Crippen LogP contribution is 2.35. The van der Waals surface area contributed by atoms with Crippen LogP contribution in [0.5, 0.6) is 0 Å². The molecule has 0 saturated carbocycles. The number of carbonyl (C=O) groups excluding carboxylic acids is 1. The van der Waals surface area contributed by atoms with Gasteiger partial charge in [0.15, 0.2) is 0 Å². The second-order valence-corrected chi connectivity index (χ2v) is 10.5. The largest absolute Gasteiger partial charge is 0.352 e. The Labute approximate surface area is 210 Å². The molecule has 0 bridgehead atoms. The fourth-order valence-corrected chi connectivity index (χ4v) is 5.72. The highest BCUT2D eigenvalue weighted by Gasteiger charge is 2.26. The number of nitrogens with zero attached hydrogens (tertiary/aromatic N) is 4. The van der Waals surface area contributed by atoms with Gasteiger partial charge in [0, 0.05) is 43.2 Å². The van der Waals surface area contributed by atoms with Gasteiger partial charge in [-0.05, 0) is 49.9 Å². The fourth-order valence-electron chi connectivity index (χ4n) is 4.68. The lowest BCUT2D eigenvalue weighted by Crippen LogP contribution is -2.50. The Morgan fingerprint density at radius 3 is 2.29 bits per heavy atom. The van der Waals surface area contributed by atoms with Crippen LogP contribution in [0.25, 0.3) is 10.2 Å². The summed E-state index contributed by atoms with van der Waals surface area (Å²) in [6, 6.07) is 16.4. The van der Waals surface area contributed by atoms with Crippen LogP contribution in [-0.2, 0) is 6.42 Å². The first kappa shape index (κ1) is 23.3. The predicted molar refractivity (Wildman–Crippen MR) is 145 cm³/mol. The van der Waals surface area contributed by atoms with E-state index < -0.39 is 0 Å². The number of thiophene rings is 1. The minimum Gasteiger partial charge on any atom is -0.352 e. The highest BCUT2D eigenvalue weighted by atomic mass is 32.1. The van der Waals surface area contributed by atoms with Gasteiger partial charge < -0.3 is 15.1 Å². The lowest BCUT2D eigenvalue weighted by Gasteiger charge is -2.36. The highest BCUT2D eigenvalue weighted by molar-refractivity contribution is 7.18. The molecule has 4 aromatic rings. The van der Waals surface area contributed by atoms with Crippen molar-refractivity contribution >= 4 is 39.1 Å². The maximum Gasteiger partial charge on any atom is 0.321 e. The van der Waals surface area contributed by atoms with Crippen LogP contribution < -0.4 is 10.2 Å². The van der Waals surface area contributed by atoms with Crippen molar-refractivity contribution in [1.29, 1.82) is 0 Å². The fraction of sp³-hybridized carbons (Fsp3) is 0.321. The number of amides is 2. The van der Waals surface area contributed by atoms with Gasteiger partial charge in [-0.15, -0.1) is 11.3 Å². The van der Waals surface area contributed by atoms with Crippen LogP contribution in [0.2, 0.25) is 0 Å². The van der Waals surface area contributed by atoms with Crippen molar-refractivity contribution in [3.8, 4) is 0 Å². The summed E-state index contributed by atoms with van der Waals surface area (Å²) in [5, 5.41) is 4.28. The summed E-state index contributed by atoms with van der Waals surface area (Å²) in [5.74, 6) is 1.84. The van der Waals surface area contributed by atoms with E-state index in [2.05, 4.69) is 48.3 Å². The van der Waals surface area contributed by atoms with Crippen molar-refractivity contribution in [2.75, 3.05) is 36.4 Å². The molecule has 0 unspecified atom stereocenters. The van der Waals surface area contributed by atoms with Gasteiger partial charge in [-0.2, -0.15) is 0 Å². The van der Waals surface area contributed by atoms with E-state index in [0.717, 1.165) is 51.8 Å². The number of carbonyl (C=O) groups is 1. The molecule has 180 valence electrons. The summed E-state index contributed by atoms with van der Waals surface area (Å²) < 4.78 is 0. The smallest absolute Gasteiger partial charge is 0.321 e. The molecular weight excluding hydrogens is 454 g/mol. The van der Waals surface area contributed by atoms with Crippen LogP contribution in [0.4, 0.5) is 16.3 Å². The Morgan fingerprint density at radius 1 is 0.914 bits per heavy atom. The van der Waals surface area contributed by atoms with Crippen LogP contribution in [0, 0.1) is 27.7 Å². The van der Waals surface area contributed by atoms with E-state index in [1.54, 1.807) is 11.3 Å². The molecule has 0 atom stereocenters. The number of fused-ring (bicyclic) bond motifs is 1. The van der Waals surface area contributed by atoms with Crippen LogP contribution in [-0.4, -0.2) is 47.1 Å². The topological polar surface area (TPSA) is 61.4 Å². The molecule has 35 heavy (non-hydrogen) atoms. The number of nitrogens with one attached hydrogen (secondary N) is 1. The van der Waals surface area contributed by atoms with Crippen molar-refractivity contribution in [3.63, 3.8) is 0 Å². The first-order valence-electron chi connectivity index (χ1n) is 12.1. The van der Waals surface area contributed by atoms with Crippen molar-refractivity contribution in [2.24, 2.45) is 0 Å². The van der Waals surface area contributed by atoms with Crippen LogP contribution in [0.3, 0.4) is 0 Å². The molecule has 1 N–H and O–H groups in total. The maximum atomic E-state index is 13.0. The zero-order valence-corrected chi connectivity index (χ0v) is 21.6. The molecule has 1 fully saturated rings. The third-order valence-electron chi connectivity index (χ3n) is 6.84. The first-order valence-corrected chi connectivity index (χ1v) is 12.9. The zero-order valence-electron chi connectivity index (χ0n) is 20.8. The molecule has 7 heteroatoms. The molecule has 1 saturated heterocycles. The summed E-state index contributed by atoms with van der Waals surface area (Å²) in [6.45, 7) is 11.1. The van der Waals surface area contributed by atoms with Crippen molar-refractivity contribution in [2.45, 2.75) is 34.1 Å². The van der Waals surface area contributed by atoms with Gasteiger partial charge in [-0.3, -0.25) is 0 Å². The summed E-state index contributed by atoms with van der Waals surface area (Å²) in [4.78, 5) is 29.5. The number of hydrogen-bond acceptors (Lipinski definition) is 5. The Bertz CT molecular complexity index is 1350. The minimum absolute atomic E-state index is 0.0396. The summed E-state index contributed by atoms with van der Waals surface area (Å²) in [6.07, 6.45) is 0.706. The molecule has 0 radical (unpaired) electrons. The second-order valence-electron chi connectivity index (χ2n) is 9.26. The van der Waals surface area contributed by atoms with Crippen molar-refractivity contribution < 1.29 is 4.79 Å². The molecule has 0 spiro atoms. The lowest BCUT2D eigenvalue weighted by atomic mass is 10.1. The first-order chi connectivity index (χ1) is 16.9. The Balaban J connectivity index is 1.36. The predicted octanol–water partition coefficient (Wildman–Crippen LogP) is 5.87. The molecule has 3 heterocycles. The van der Waals surface area contributed by atoms with Gasteiger partial charge in [0.2, 0.25) is 0 Å². The van der Waals surface area contributed by atoms with E-state index in [-0.39, 0.29) is 6.03 Å². The third-order valence-corrected chi connectivity index (χ3v) is 7.94. The summed E-state index contributed by atoms with van der Waals surface area (Å²) in [7, 11) is 0. The number of urea groups is 1. The number of hydrogen-bond donors (Lipinski definition) is 1. The zero-order chi connectivity index (χ0) is 24.5. The van der Waals surface area contributed by atoms with Crippen LogP contribution in [0.1, 0.15) is 33.0 Å². The summed E-state index contributed by atoms with van der Waals surface area (Å²) in [5.41, 5.74) is 5.52. The van der Waals surface area contributed by atoms with Crippen LogP contribution in [0.15, 0.2) is 48.5 Å². The Hall–Kier alpha value is -3.45. The number of anilines is 2. The number of benzene rings is 2. The van der Waals surface area contributed by atoms with Gasteiger partial charge in [0.1, 0.15) is 16.5 Å². The van der Waals surface area contributed by atoms with E-state index in [4.69, 9.17) is 9.97 Å². The Morgan fingerprint density at radius 2 is 1.60 bits per heavy atom. The Kier molecular flexibility index (Phi) is 6.43. The third kappa shape index (κ3) is 4.73. The van der Waals surface area contributed by atoms with Gasteiger partial charge >= 0.3 is 6.03 Å². The molecule has 2 amide bonds. The van der Waals surface area contributed by atoms with E-state index in [1.165, 1.54) is 16.0 Å². The van der Waals surface area contributed by atoms with E-state index >= 15 is 0 Å². The maximum absolute atomic E-state index is 13.0. The second kappa shape index (κ2) is 9.66. The molecule has 1 aliphatic heterocycles. The lowest BCUT2D eigenvalue weighted by molar-refractivity contribution is 0.208. The quantitative estimate of drug-likeness (QED) is 0.393. The molecule has 2 aromatic heterocycles. The SMILES string of the molecule is Cc1cccc(C)c1NC(=O)N1CCN(c2nc(Cc3ccccc3)nc3sc(C)c(C)c23)CC1. The average molecular weight is 486 g/mol. The molecule has 6 nitrogen and oxygen atoms in total. The van der Waals surface area contributed by atoms with Gasteiger partial charge in [0.25, 0.3) is 0 Å². The van der Waals surface area contributed by atoms with Crippen LogP contribution >= 0.6 is 11.3 Å². The molecule has 5 rings (SSSR count). The number of aryl methyl sites for hydroxylation is 4. The monoisotopic (exact) mass is 485 g/mol. The van der Waals surface area contributed by atoms with Gasteiger partial charge in [-0.25, -0.2) is 14.8 Å². The molecule has 2 aromatic carbocycles. The standard InChI is InChI=1S/C28H31N5OS/c1-18-9-8-10-19(2)25(18)31-28(34)33-15-13-32(14-16-33)26-24-20(3)21(4)35-27(24)30-23(29-26)17-22-11-6-5-7-12-22/h5-12H,13-17H2,1-4H3,(H,31,34). The normalized spacial score (nSPS) is 13.9. The number of rotatable bonds is 4. The average Bonchev–Trinajstić information content (AvgIpc) is 3.15. The van der Waals surface area contributed by atoms with Gasteiger partial charge in [-0.1, -0.05) is 48.5 Å². The molecule has 0 aliphatic carbocycles. The number of aromatic nitrogens is 2. The van der Waals surface area contributed by atoms with Crippen molar-refractivity contribution in [3.05, 3.63) is 81.5 Å². The molecule has 1 aliphatic rings. The minimum atomic E-state index is -0.0396. The number of piperazine rings is 1. The van der Waals surface area contributed by atoms with Gasteiger partial charge in [0.05, 0.1) is 5.39 Å². The number of para-hydroxylation sites is 1. The van der Waals surface area contributed by atoms with E-state index in [1.807, 2.05) is 43.0 Å². The van der Waals surface area contributed by atoms with E-state index in [0.29, 0.717) is 19.5 Å².